The number of nitrogens with two attached hydrogens (primary N) is 1. The molecular formula is C30H36N8O3. The van der Waals surface area contributed by atoms with Crippen LogP contribution in [0.4, 0.5) is 33.6 Å². The molecular weight excluding hydrogens is 520 g/mol. The average molecular weight is 557 g/mol. The number of amides is 3. The van der Waals surface area contributed by atoms with Crippen molar-refractivity contribution in [3.8, 4) is 0 Å². The summed E-state index contributed by atoms with van der Waals surface area (Å²) in [5.41, 5.74) is 11.7. The van der Waals surface area contributed by atoms with Crippen LogP contribution in [-0.4, -0.2) is 52.9 Å². The van der Waals surface area contributed by atoms with Crippen molar-refractivity contribution in [2.24, 2.45) is 10.9 Å². The van der Waals surface area contributed by atoms with Crippen molar-refractivity contribution in [2.45, 2.75) is 52.9 Å². The predicted octanol–water partition coefficient (Wildman–Crippen LogP) is 4.25. The molecule has 2 aliphatic heterocycles. The maximum absolute atomic E-state index is 13.3. The van der Waals surface area contributed by atoms with Crippen LogP contribution >= 0.6 is 0 Å². The molecule has 3 aromatic rings. The van der Waals surface area contributed by atoms with E-state index in [0.29, 0.717) is 40.8 Å². The van der Waals surface area contributed by atoms with Crippen molar-refractivity contribution in [1.29, 1.82) is 0 Å². The average Bonchev–Trinajstić information content (AvgIpc) is 3.02. The Morgan fingerprint density at radius 3 is 2.56 bits per heavy atom. The van der Waals surface area contributed by atoms with Crippen molar-refractivity contribution < 1.29 is 14.7 Å². The number of hydrogen-bond donors (Lipinski definition) is 3. The molecule has 3 amide bonds. The Kier molecular flexibility index (Phi) is 7.39. The topological polar surface area (TPSA) is 140 Å². The van der Waals surface area contributed by atoms with Gasteiger partial charge in [0, 0.05) is 48.4 Å². The smallest absolute Gasteiger partial charge is 0.330 e. The number of likely N-dealkylation sites (N-methyl/N-ethyl adjacent to an activating group) is 1. The SMILES string of the molecule is CC1=N[C@@H](CC(C)C)C(=O)N(C)c2cc(C(O)Nc3ccc(C)c(N4Cc5cnc(N)nc5N(C)C4=O)c3)ccc21. The number of aliphatic hydroxyl groups excluding tert-OH is 1. The van der Waals surface area contributed by atoms with Gasteiger partial charge in [0.1, 0.15) is 11.9 Å². The van der Waals surface area contributed by atoms with Gasteiger partial charge in [0.05, 0.1) is 17.9 Å². The molecule has 0 aliphatic carbocycles. The first-order chi connectivity index (χ1) is 19.4. The number of nitrogen functional groups attached to an aromatic ring is 1. The number of nitrogens with one attached hydrogen (secondary N) is 1. The molecule has 1 aromatic heterocycles. The molecule has 41 heavy (non-hydrogen) atoms. The number of aliphatic hydroxyl groups is 1. The maximum Gasteiger partial charge on any atom is 0.330 e. The fraction of sp³-hybridized carbons (Fsp3) is 0.367. The molecule has 214 valence electrons. The van der Waals surface area contributed by atoms with Gasteiger partial charge >= 0.3 is 6.03 Å². The molecule has 5 rings (SSSR count). The summed E-state index contributed by atoms with van der Waals surface area (Å²) in [7, 11) is 3.40. The van der Waals surface area contributed by atoms with E-state index in [4.69, 9.17) is 10.7 Å². The third-order valence-electron chi connectivity index (χ3n) is 7.58. The number of aryl methyl sites for hydroxylation is 1. The number of carbonyl (C=O) groups excluding carboxylic acids is 2. The number of benzodiazepines with no additional fused rings is 1. The summed E-state index contributed by atoms with van der Waals surface area (Å²) < 4.78 is 0. The lowest BCUT2D eigenvalue weighted by Gasteiger charge is -2.35. The van der Waals surface area contributed by atoms with Gasteiger partial charge in [0.25, 0.3) is 5.91 Å². The van der Waals surface area contributed by atoms with E-state index in [1.807, 2.05) is 50.2 Å². The molecule has 3 heterocycles. The molecule has 2 aromatic carbocycles. The van der Waals surface area contributed by atoms with Crippen LogP contribution in [-0.2, 0) is 11.3 Å². The molecule has 0 fully saturated rings. The number of hydrogen-bond acceptors (Lipinski definition) is 8. The van der Waals surface area contributed by atoms with Crippen LogP contribution in [0, 0.1) is 12.8 Å². The van der Waals surface area contributed by atoms with Gasteiger partial charge in [0.2, 0.25) is 5.95 Å². The Morgan fingerprint density at radius 2 is 1.83 bits per heavy atom. The number of fused-ring (bicyclic) bond motifs is 2. The normalized spacial score (nSPS) is 17.7. The monoisotopic (exact) mass is 556 g/mol. The highest BCUT2D eigenvalue weighted by molar-refractivity contribution is 6.12. The number of benzene rings is 2. The Labute approximate surface area is 239 Å². The number of nitrogens with zero attached hydrogens (tertiary/aromatic N) is 6. The fourth-order valence-corrected chi connectivity index (χ4v) is 5.34. The summed E-state index contributed by atoms with van der Waals surface area (Å²) in [4.78, 5) is 44.3. The molecule has 2 aliphatic rings. The Balaban J connectivity index is 1.40. The summed E-state index contributed by atoms with van der Waals surface area (Å²) in [5, 5.41) is 14.3. The number of anilines is 5. The molecule has 0 bridgehead atoms. The molecule has 1 unspecified atom stereocenters. The first-order valence-corrected chi connectivity index (χ1v) is 13.6. The van der Waals surface area contributed by atoms with Gasteiger partial charge in [-0.3, -0.25) is 19.6 Å². The number of urea groups is 1. The zero-order valence-corrected chi connectivity index (χ0v) is 24.2. The van der Waals surface area contributed by atoms with Crippen molar-refractivity contribution in [3.63, 3.8) is 0 Å². The minimum atomic E-state index is -1.07. The van der Waals surface area contributed by atoms with E-state index in [9.17, 15) is 14.7 Å². The Hall–Kier alpha value is -4.51. The molecule has 0 saturated heterocycles. The standard InChI is InChI=1S/C30H36N8O3/c1-16(2)11-23-28(40)36(5)25-12-19(8-10-22(25)18(4)33-23)27(39)34-21-9-7-17(3)24(13-21)38-15-20-14-32-29(31)35-26(20)37(6)30(38)41/h7-10,12-14,16,23,27,34,39H,11,15H2,1-6H3,(H2,31,32,35)/t23-,27?/m0/s1. The van der Waals surface area contributed by atoms with E-state index >= 15 is 0 Å². The predicted molar refractivity (Wildman–Crippen MR) is 161 cm³/mol. The second kappa shape index (κ2) is 10.8. The van der Waals surface area contributed by atoms with Crippen molar-refractivity contribution in [3.05, 3.63) is 64.8 Å². The van der Waals surface area contributed by atoms with Crippen molar-refractivity contribution in [2.75, 3.05) is 39.8 Å². The minimum Gasteiger partial charge on any atom is -0.369 e. The molecule has 0 saturated carbocycles. The fourth-order valence-electron chi connectivity index (χ4n) is 5.34. The zero-order valence-electron chi connectivity index (χ0n) is 24.2. The number of aliphatic imine (C=N–C) groups is 1. The Bertz CT molecular complexity index is 1550. The summed E-state index contributed by atoms with van der Waals surface area (Å²) in [6.07, 6.45) is 1.23. The van der Waals surface area contributed by atoms with Crippen LogP contribution in [0.1, 0.15) is 55.7 Å². The largest absolute Gasteiger partial charge is 0.369 e. The molecule has 0 spiro atoms. The van der Waals surface area contributed by atoms with Crippen LogP contribution in [0.3, 0.4) is 0 Å². The second-order valence-electron chi connectivity index (χ2n) is 11.1. The summed E-state index contributed by atoms with van der Waals surface area (Å²) in [5.74, 6) is 0.868. The summed E-state index contributed by atoms with van der Waals surface area (Å²) >= 11 is 0. The van der Waals surface area contributed by atoms with Crippen molar-refractivity contribution >= 4 is 46.5 Å². The lowest BCUT2D eigenvalue weighted by Crippen LogP contribution is -2.46. The lowest BCUT2D eigenvalue weighted by atomic mass is 10.0. The summed E-state index contributed by atoms with van der Waals surface area (Å²) in [6.45, 7) is 8.29. The van der Waals surface area contributed by atoms with Gasteiger partial charge in [-0.2, -0.15) is 4.98 Å². The molecule has 4 N–H and O–H groups in total. The number of carbonyl (C=O) groups is 2. The van der Waals surface area contributed by atoms with Crippen LogP contribution in [0.15, 0.2) is 47.6 Å². The van der Waals surface area contributed by atoms with E-state index in [2.05, 4.69) is 29.1 Å². The van der Waals surface area contributed by atoms with Gasteiger partial charge in [-0.25, -0.2) is 9.78 Å². The molecule has 2 atom stereocenters. The Morgan fingerprint density at radius 1 is 1.07 bits per heavy atom. The minimum absolute atomic E-state index is 0.0644. The van der Waals surface area contributed by atoms with Gasteiger partial charge in [-0.1, -0.05) is 32.0 Å². The van der Waals surface area contributed by atoms with Gasteiger partial charge in [-0.05, 0) is 49.9 Å². The number of rotatable bonds is 6. The summed E-state index contributed by atoms with van der Waals surface area (Å²) in [6, 6.07) is 10.4. The zero-order chi connectivity index (χ0) is 29.6. The third kappa shape index (κ3) is 5.32. The highest BCUT2D eigenvalue weighted by Gasteiger charge is 2.32. The van der Waals surface area contributed by atoms with Crippen LogP contribution in [0.5, 0.6) is 0 Å². The highest BCUT2D eigenvalue weighted by atomic mass is 16.3. The first-order valence-electron chi connectivity index (χ1n) is 13.6. The van der Waals surface area contributed by atoms with Gasteiger partial charge < -0.3 is 21.1 Å². The first kappa shape index (κ1) is 28.0. The third-order valence-corrected chi connectivity index (χ3v) is 7.58. The van der Waals surface area contributed by atoms with E-state index < -0.39 is 12.3 Å². The maximum atomic E-state index is 13.3. The molecule has 0 radical (unpaired) electrons. The van der Waals surface area contributed by atoms with Crippen LogP contribution in [0.25, 0.3) is 0 Å². The highest BCUT2D eigenvalue weighted by Crippen LogP contribution is 2.34. The van der Waals surface area contributed by atoms with Crippen LogP contribution in [0.2, 0.25) is 0 Å². The van der Waals surface area contributed by atoms with E-state index in [0.717, 1.165) is 22.4 Å². The lowest BCUT2D eigenvalue weighted by molar-refractivity contribution is -0.119. The van der Waals surface area contributed by atoms with Gasteiger partial charge in [0.15, 0.2) is 6.23 Å². The molecule has 11 heteroatoms. The number of aromatic nitrogens is 2. The van der Waals surface area contributed by atoms with E-state index in [-0.39, 0.29) is 24.4 Å². The van der Waals surface area contributed by atoms with Gasteiger partial charge in [-0.15, -0.1) is 0 Å². The molecule has 11 nitrogen and oxygen atoms in total. The quantitative estimate of drug-likeness (QED) is 0.386. The van der Waals surface area contributed by atoms with E-state index in [1.165, 1.54) is 4.90 Å². The van der Waals surface area contributed by atoms with Crippen LogP contribution < -0.4 is 25.8 Å². The second-order valence-corrected chi connectivity index (χ2v) is 11.1. The van der Waals surface area contributed by atoms with Crippen molar-refractivity contribution in [1.82, 2.24) is 9.97 Å². The van der Waals surface area contributed by atoms with E-state index in [1.54, 1.807) is 30.1 Å².